The molecular formula is C41H51BrClN7O4S. The highest BCUT2D eigenvalue weighted by Crippen LogP contribution is 2.45. The van der Waals surface area contributed by atoms with E-state index >= 15 is 0 Å². The molecule has 11 nitrogen and oxygen atoms in total. The maximum Gasteiger partial charge on any atom is 0.245 e. The maximum absolute atomic E-state index is 14.7. The Morgan fingerprint density at radius 1 is 1.04 bits per heavy atom. The predicted octanol–water partition coefficient (Wildman–Crippen LogP) is 7.85. The summed E-state index contributed by atoms with van der Waals surface area (Å²) in [5.41, 5.74) is 5.21. The van der Waals surface area contributed by atoms with Crippen LogP contribution in [0.4, 0.5) is 5.82 Å². The molecule has 6 heterocycles. The molecule has 3 fully saturated rings. The maximum atomic E-state index is 14.7. The normalized spacial score (nSPS) is 22.7. The van der Waals surface area contributed by atoms with Gasteiger partial charge in [0.25, 0.3) is 0 Å². The van der Waals surface area contributed by atoms with Crippen molar-refractivity contribution in [2.24, 2.45) is 5.41 Å². The van der Waals surface area contributed by atoms with Gasteiger partial charge in [0.1, 0.15) is 22.1 Å². The number of aromatic hydroxyl groups is 1. The van der Waals surface area contributed by atoms with E-state index in [2.05, 4.69) is 72.0 Å². The van der Waals surface area contributed by atoms with E-state index in [9.17, 15) is 13.5 Å². The Morgan fingerprint density at radius 2 is 1.80 bits per heavy atom. The highest BCUT2D eigenvalue weighted by Gasteiger charge is 2.40. The van der Waals surface area contributed by atoms with Gasteiger partial charge >= 0.3 is 0 Å². The number of nitrogens with one attached hydrogen (secondary N) is 2. The second-order valence-electron chi connectivity index (χ2n) is 16.4. The lowest BCUT2D eigenvalue weighted by molar-refractivity contribution is 0.0262. The highest BCUT2D eigenvalue weighted by molar-refractivity contribution is 9.10. The van der Waals surface area contributed by atoms with Crippen molar-refractivity contribution in [3.8, 4) is 5.75 Å². The summed E-state index contributed by atoms with van der Waals surface area (Å²) in [4.78, 5) is 17.2. The zero-order valence-electron chi connectivity index (χ0n) is 31.6. The molecule has 0 saturated carbocycles. The summed E-state index contributed by atoms with van der Waals surface area (Å²) in [6.07, 6.45) is 11.8. The van der Waals surface area contributed by atoms with Crippen LogP contribution in [0.15, 0.2) is 69.9 Å². The number of rotatable bonds is 9. The van der Waals surface area contributed by atoms with E-state index in [0.29, 0.717) is 57.6 Å². The Hall–Kier alpha value is -3.04. The number of hydrogen-bond acceptors (Lipinski definition) is 9. The third-order valence-electron chi connectivity index (χ3n) is 12.1. The molecule has 4 aromatic rings. The van der Waals surface area contributed by atoms with Crippen LogP contribution in [0.25, 0.3) is 16.6 Å². The number of piperazine rings is 1. The molecule has 14 heteroatoms. The number of fused-ring (bicyclic) bond motifs is 1. The topological polar surface area (TPSA) is 127 Å². The number of ether oxygens (including phenoxy) is 1. The van der Waals surface area contributed by atoms with Crippen molar-refractivity contribution in [2.75, 3.05) is 57.8 Å². The minimum Gasteiger partial charge on any atom is -0.506 e. The Balaban J connectivity index is 1.05. The quantitative estimate of drug-likeness (QED) is 0.154. The average Bonchev–Trinajstić information content (AvgIpc) is 3.66. The summed E-state index contributed by atoms with van der Waals surface area (Å²) in [5.74, 6) is 0.618. The van der Waals surface area contributed by atoms with Crippen LogP contribution in [0.1, 0.15) is 76.0 Å². The number of aromatic amines is 1. The molecule has 1 aliphatic carbocycles. The number of nitrogens with zero attached hydrogens (tertiary/aromatic N) is 5. The third-order valence-corrected chi connectivity index (χ3v) is 14.9. The number of pyridine rings is 2. The Bertz CT molecular complexity index is 2150. The van der Waals surface area contributed by atoms with Gasteiger partial charge in [0.15, 0.2) is 0 Å². The summed E-state index contributed by atoms with van der Waals surface area (Å²) < 4.78 is 37.1. The van der Waals surface area contributed by atoms with Crippen LogP contribution in [-0.2, 0) is 14.8 Å². The largest absolute Gasteiger partial charge is 0.506 e. The molecule has 0 radical (unpaired) electrons. The summed E-state index contributed by atoms with van der Waals surface area (Å²) in [6.45, 7) is 10.3. The predicted molar refractivity (Wildman–Crippen MR) is 221 cm³/mol. The number of benzene rings is 1. The highest BCUT2D eigenvalue weighted by atomic mass is 79.9. The van der Waals surface area contributed by atoms with E-state index in [1.54, 1.807) is 16.6 Å². The van der Waals surface area contributed by atoms with Gasteiger partial charge in [-0.25, -0.2) is 18.4 Å². The van der Waals surface area contributed by atoms with Crippen LogP contribution >= 0.6 is 27.5 Å². The van der Waals surface area contributed by atoms with Crippen LogP contribution in [0.3, 0.4) is 0 Å². The number of halogens is 2. The van der Waals surface area contributed by atoms with Crippen LogP contribution in [-0.4, -0.2) is 107 Å². The van der Waals surface area contributed by atoms with Gasteiger partial charge in [-0.3, -0.25) is 4.90 Å². The van der Waals surface area contributed by atoms with Gasteiger partial charge in [0, 0.05) is 92.9 Å². The van der Waals surface area contributed by atoms with Crippen molar-refractivity contribution in [1.29, 1.82) is 0 Å². The number of sulfonamides is 1. The lowest BCUT2D eigenvalue weighted by atomic mass is 9.72. The minimum absolute atomic E-state index is 0.0265. The van der Waals surface area contributed by atoms with Crippen LogP contribution in [0.5, 0.6) is 5.75 Å². The van der Waals surface area contributed by atoms with E-state index < -0.39 is 16.1 Å². The van der Waals surface area contributed by atoms with E-state index in [1.807, 2.05) is 18.2 Å². The molecule has 0 amide bonds. The molecular weight excluding hydrogens is 802 g/mol. The molecule has 3 saturated heterocycles. The number of likely N-dealkylation sites (tertiary alicyclic amines) is 1. The molecule has 294 valence electrons. The lowest BCUT2D eigenvalue weighted by Gasteiger charge is -2.42. The molecule has 3 N–H and O–H groups in total. The summed E-state index contributed by atoms with van der Waals surface area (Å²) >= 11 is 9.94. The zero-order chi connectivity index (χ0) is 38.3. The van der Waals surface area contributed by atoms with Crippen molar-refractivity contribution >= 4 is 60.0 Å². The van der Waals surface area contributed by atoms with Crippen molar-refractivity contribution in [1.82, 2.24) is 29.1 Å². The molecule has 3 aromatic heterocycles. The first kappa shape index (κ1) is 38.8. The monoisotopic (exact) mass is 851 g/mol. The third kappa shape index (κ3) is 8.35. The summed E-state index contributed by atoms with van der Waals surface area (Å²) in [6, 6.07) is 11.8. The van der Waals surface area contributed by atoms with E-state index in [0.717, 1.165) is 71.2 Å². The second-order valence-corrected chi connectivity index (χ2v) is 19.6. The van der Waals surface area contributed by atoms with Crippen LogP contribution in [0.2, 0.25) is 5.02 Å². The molecule has 1 unspecified atom stereocenters. The molecule has 8 rings (SSSR count). The second kappa shape index (κ2) is 16.1. The lowest BCUT2D eigenvalue weighted by Crippen LogP contribution is -2.51. The Kier molecular flexibility index (Phi) is 11.3. The smallest absolute Gasteiger partial charge is 0.245 e. The number of piperidine rings is 1. The van der Waals surface area contributed by atoms with Gasteiger partial charge in [0.2, 0.25) is 10.0 Å². The summed E-state index contributed by atoms with van der Waals surface area (Å²) in [5, 5.41) is 16.4. The van der Waals surface area contributed by atoms with Gasteiger partial charge in [0.05, 0.1) is 16.7 Å². The molecule has 4 aliphatic rings. The van der Waals surface area contributed by atoms with Crippen LogP contribution < -0.4 is 5.32 Å². The van der Waals surface area contributed by atoms with E-state index in [1.165, 1.54) is 29.1 Å². The van der Waals surface area contributed by atoms with Gasteiger partial charge in [-0.2, -0.15) is 4.31 Å². The number of H-pyrrole nitrogens is 1. The first-order chi connectivity index (χ1) is 26.4. The molecule has 55 heavy (non-hydrogen) atoms. The van der Waals surface area contributed by atoms with Gasteiger partial charge in [-0.15, -0.1) is 0 Å². The van der Waals surface area contributed by atoms with E-state index in [4.69, 9.17) is 16.3 Å². The standard InChI is InChI=1S/C41H51BrClN7O4S/c1-41(2)13-7-28(34(22-41)27-3-5-29(43)6-4-27)25-48-17-18-50(36(26-48)38-33-8-14-44-39(33)46-24-37(38)51)55(52,53)32-21-35(42)40(45-23-32)47-30-9-15-49(16-10-30)31-11-19-54-20-12-31/h3-6,8,14,21,23-24,30-31,36,51H,7,9-13,15-20,22,25-26H2,1-2H3,(H,44,46)(H,45,47). The van der Waals surface area contributed by atoms with E-state index in [-0.39, 0.29) is 28.6 Å². The molecule has 0 bridgehead atoms. The number of allylic oxidation sites excluding steroid dienone is 1. The Labute approximate surface area is 337 Å². The zero-order valence-corrected chi connectivity index (χ0v) is 34.8. The average molecular weight is 853 g/mol. The number of aromatic nitrogens is 3. The number of hydrogen-bond donors (Lipinski definition) is 3. The van der Waals surface area contributed by atoms with Crippen molar-refractivity contribution in [3.63, 3.8) is 0 Å². The molecule has 3 aliphatic heterocycles. The SMILES string of the molecule is CC1(C)CCC(CN2CCN(S(=O)(=O)c3cnc(NC4CCN(C5CCOCC5)CC4)c(Br)c3)C(c3c(O)cnc4[nH]ccc34)C2)=C(c2ccc(Cl)cc2)C1. The fourth-order valence-corrected chi connectivity index (χ4v) is 11.3. The van der Waals surface area contributed by atoms with Crippen molar-refractivity contribution in [2.45, 2.75) is 81.8 Å². The fraction of sp³-hybridized carbons (Fsp3) is 0.512. The number of anilines is 1. The van der Waals surface area contributed by atoms with Crippen LogP contribution in [0, 0.1) is 5.41 Å². The van der Waals surface area contributed by atoms with Gasteiger partial charge in [-0.1, -0.05) is 43.2 Å². The fourth-order valence-electron chi connectivity index (χ4n) is 9.05. The summed E-state index contributed by atoms with van der Waals surface area (Å²) in [7, 11) is -4.05. The molecule has 1 atom stereocenters. The van der Waals surface area contributed by atoms with Crippen molar-refractivity contribution < 1.29 is 18.3 Å². The first-order valence-corrected chi connectivity index (χ1v) is 22.2. The van der Waals surface area contributed by atoms with Gasteiger partial charge < -0.3 is 25.0 Å². The Morgan fingerprint density at radius 3 is 2.55 bits per heavy atom. The molecule has 1 aromatic carbocycles. The first-order valence-electron chi connectivity index (χ1n) is 19.5. The molecule has 0 spiro atoms. The van der Waals surface area contributed by atoms with Crippen molar-refractivity contribution in [3.05, 3.63) is 81.2 Å². The van der Waals surface area contributed by atoms with Gasteiger partial charge in [-0.05, 0) is 102 Å². The minimum atomic E-state index is -4.05.